The lowest BCUT2D eigenvalue weighted by atomic mass is 9.74. The number of ether oxygens (including phenoxy) is 1. The van der Waals surface area contributed by atoms with Gasteiger partial charge in [-0.05, 0) is 70.9 Å². The summed E-state index contributed by atoms with van der Waals surface area (Å²) in [6, 6.07) is 20.1. The van der Waals surface area contributed by atoms with Crippen LogP contribution in [0.25, 0.3) is 0 Å². The van der Waals surface area contributed by atoms with E-state index in [9.17, 15) is 13.2 Å². The molecule has 5 rings (SSSR count). The number of carbonyl (C=O) groups excluding carboxylic acids is 1. The zero-order valence-corrected chi connectivity index (χ0v) is 33.0. The summed E-state index contributed by atoms with van der Waals surface area (Å²) in [4.78, 5) is 24.1. The maximum atomic E-state index is 12.6. The van der Waals surface area contributed by atoms with E-state index in [1.54, 1.807) is 33.9 Å². The maximum Gasteiger partial charge on any atom is 0.408 e. The Hall–Kier alpha value is -4.12. The first-order valence-electron chi connectivity index (χ1n) is 18.1. The van der Waals surface area contributed by atoms with Crippen molar-refractivity contribution in [2.45, 2.75) is 105 Å². The molecule has 0 bridgehead atoms. The first kappa shape index (κ1) is 41.3. The second kappa shape index (κ2) is 18.9. The number of nitrogens with one attached hydrogen (secondary N) is 1. The van der Waals surface area contributed by atoms with Gasteiger partial charge in [0.25, 0.3) is 0 Å². The number of allylic oxidation sites excluding steroid dienone is 1. The number of aryl methyl sites for hydroxylation is 1. The number of nitrogens with zero attached hydrogens (tertiary/aromatic N) is 4. The molecule has 1 N–H and O–H groups in total. The highest BCUT2D eigenvalue weighted by molar-refractivity contribution is 7.88. The van der Waals surface area contributed by atoms with Crippen molar-refractivity contribution in [1.29, 1.82) is 0 Å². The number of carbonyl (C=O) groups is 1. The highest BCUT2D eigenvalue weighted by Crippen LogP contribution is 2.36. The van der Waals surface area contributed by atoms with Crippen molar-refractivity contribution < 1.29 is 22.4 Å². The van der Waals surface area contributed by atoms with Crippen LogP contribution in [0.15, 0.2) is 88.2 Å². The molecule has 1 aromatic heterocycles. The minimum atomic E-state index is -3.57. The van der Waals surface area contributed by atoms with E-state index in [0.717, 1.165) is 12.4 Å². The molecule has 0 saturated heterocycles. The van der Waals surface area contributed by atoms with Crippen LogP contribution in [0.5, 0.6) is 0 Å². The van der Waals surface area contributed by atoms with Gasteiger partial charge in [-0.25, -0.2) is 23.2 Å². The fourth-order valence-corrected chi connectivity index (χ4v) is 6.10. The first-order valence-corrected chi connectivity index (χ1v) is 19.9. The third kappa shape index (κ3) is 13.2. The lowest BCUT2D eigenvalue weighted by Gasteiger charge is -2.39. The van der Waals surface area contributed by atoms with Crippen molar-refractivity contribution >= 4 is 22.0 Å². The molecule has 10 nitrogen and oxygen atoms in total. The molecular weight excluding hydrogens is 663 g/mol. The average Bonchev–Trinajstić information content (AvgIpc) is 3.47. The van der Waals surface area contributed by atoms with Gasteiger partial charge in [-0.15, -0.1) is 0 Å². The van der Waals surface area contributed by atoms with Crippen LogP contribution in [0.1, 0.15) is 109 Å². The molecule has 3 aromatic rings. The Morgan fingerprint density at radius 2 is 1.67 bits per heavy atom. The quantitative estimate of drug-likeness (QED) is 0.235. The van der Waals surface area contributed by atoms with E-state index >= 15 is 0 Å². The molecule has 2 aliphatic rings. The Bertz CT molecular complexity index is 1680. The minimum absolute atomic E-state index is 0.311. The molecule has 1 aliphatic carbocycles. The number of alkyl carbamates (subject to hydrolysis) is 1. The Kier molecular flexibility index (Phi) is 15.3. The predicted molar refractivity (Wildman–Crippen MR) is 206 cm³/mol. The lowest BCUT2D eigenvalue weighted by Crippen LogP contribution is -2.40. The van der Waals surface area contributed by atoms with Gasteiger partial charge in [-0.3, -0.25) is 4.31 Å². The normalized spacial score (nSPS) is 19.2. The molecule has 1 aliphatic heterocycles. The average molecular weight is 722 g/mol. The van der Waals surface area contributed by atoms with E-state index in [1.165, 1.54) is 41.6 Å². The van der Waals surface area contributed by atoms with Gasteiger partial charge in [0.1, 0.15) is 23.0 Å². The fraction of sp³-hybridized carbons (Fsp3) is 0.525. The van der Waals surface area contributed by atoms with Crippen molar-refractivity contribution in [2.75, 3.05) is 19.8 Å². The van der Waals surface area contributed by atoms with Crippen molar-refractivity contribution in [3.8, 4) is 0 Å². The van der Waals surface area contributed by atoms with E-state index < -0.39 is 27.8 Å². The van der Waals surface area contributed by atoms with E-state index in [1.807, 2.05) is 56.3 Å². The van der Waals surface area contributed by atoms with Gasteiger partial charge in [0.05, 0.1) is 24.4 Å². The van der Waals surface area contributed by atoms with Crippen LogP contribution in [0, 0.1) is 18.8 Å². The summed E-state index contributed by atoms with van der Waals surface area (Å²) in [7, 11) is -2.05. The fourth-order valence-electron chi connectivity index (χ4n) is 5.66. The largest absolute Gasteiger partial charge is 0.444 e. The summed E-state index contributed by atoms with van der Waals surface area (Å²) in [5.41, 5.74) is 1.88. The summed E-state index contributed by atoms with van der Waals surface area (Å²) < 4.78 is 38.0. The standard InChI is InChI=1S/C31H45N5O5S.C7H8.C2H6/c1-21-13-14-25(21)20-36(19-23-11-9-8-10-12-23)27-16-15-24(17-28(34-27)35(6)42(7,38)39)29-32-18-26(40-29)22(2)33-30(37)41-31(3,4)5;1-7-5-3-2-4-6-7;1-2/h8-12,17-18,21-22,24-25H,13-16,19-20H2,1-7H3,(H,33,37);2-6H,1H3;1-2H3. The second-order valence-electron chi connectivity index (χ2n) is 14.2. The highest BCUT2D eigenvalue weighted by atomic mass is 32.2. The van der Waals surface area contributed by atoms with Crippen LogP contribution < -0.4 is 5.32 Å². The molecule has 0 spiro atoms. The number of hydrogen-bond acceptors (Lipinski definition) is 8. The number of sulfonamides is 1. The maximum absolute atomic E-state index is 12.6. The van der Waals surface area contributed by atoms with Gasteiger partial charge >= 0.3 is 6.09 Å². The van der Waals surface area contributed by atoms with E-state index in [2.05, 4.69) is 53.3 Å². The third-order valence-corrected chi connectivity index (χ3v) is 10.1. The van der Waals surface area contributed by atoms with E-state index in [4.69, 9.17) is 14.1 Å². The van der Waals surface area contributed by atoms with Crippen LogP contribution in [-0.2, 0) is 21.3 Å². The molecule has 4 atom stereocenters. The van der Waals surface area contributed by atoms with Crippen LogP contribution >= 0.6 is 0 Å². The van der Waals surface area contributed by atoms with Crippen LogP contribution in [0.2, 0.25) is 0 Å². The molecule has 1 amide bonds. The van der Waals surface area contributed by atoms with Crippen LogP contribution in [0.4, 0.5) is 4.79 Å². The van der Waals surface area contributed by atoms with Crippen molar-refractivity contribution in [2.24, 2.45) is 16.8 Å². The van der Waals surface area contributed by atoms with Gasteiger partial charge in [0.15, 0.2) is 0 Å². The molecule has 1 fully saturated rings. The molecule has 280 valence electrons. The van der Waals surface area contributed by atoms with E-state index in [-0.39, 0.29) is 5.92 Å². The zero-order valence-electron chi connectivity index (χ0n) is 32.2. The van der Waals surface area contributed by atoms with E-state index in [0.29, 0.717) is 48.7 Å². The molecule has 1 saturated carbocycles. The summed E-state index contributed by atoms with van der Waals surface area (Å²) in [5, 5.41) is 2.78. The number of rotatable bonds is 9. The van der Waals surface area contributed by atoms with Crippen LogP contribution in [-0.4, -0.2) is 60.0 Å². The Labute approximate surface area is 306 Å². The summed E-state index contributed by atoms with van der Waals surface area (Å²) >= 11 is 0. The predicted octanol–water partition coefficient (Wildman–Crippen LogP) is 8.84. The zero-order chi connectivity index (χ0) is 37.8. The van der Waals surface area contributed by atoms with Gasteiger partial charge in [0.2, 0.25) is 15.9 Å². The molecule has 2 heterocycles. The van der Waals surface area contributed by atoms with Crippen molar-refractivity contribution in [3.63, 3.8) is 0 Å². The van der Waals surface area contributed by atoms with Crippen molar-refractivity contribution in [3.05, 3.63) is 102 Å². The number of amidine groups is 1. The summed E-state index contributed by atoms with van der Waals surface area (Å²) in [5.74, 6) is 3.04. The van der Waals surface area contributed by atoms with Gasteiger partial charge in [-0.2, -0.15) is 0 Å². The number of hydrogen-bond donors (Lipinski definition) is 1. The number of aromatic nitrogens is 1. The number of aliphatic imine (C=N–C) groups is 1. The summed E-state index contributed by atoms with van der Waals surface area (Å²) in [6.07, 6.45) is 7.72. The number of amides is 1. The molecule has 4 unspecified atom stereocenters. The van der Waals surface area contributed by atoms with Gasteiger partial charge in [0, 0.05) is 26.6 Å². The van der Waals surface area contributed by atoms with Crippen molar-refractivity contribution in [1.82, 2.24) is 19.5 Å². The molecule has 51 heavy (non-hydrogen) atoms. The smallest absolute Gasteiger partial charge is 0.408 e. The molecule has 0 radical (unpaired) electrons. The number of benzene rings is 2. The molecular formula is C40H59N5O5S. The van der Waals surface area contributed by atoms with Gasteiger partial charge in [-0.1, -0.05) is 93.4 Å². The topological polar surface area (TPSA) is 117 Å². The highest BCUT2D eigenvalue weighted by Gasteiger charge is 2.32. The monoisotopic (exact) mass is 721 g/mol. The minimum Gasteiger partial charge on any atom is -0.444 e. The molecule has 11 heteroatoms. The Morgan fingerprint density at radius 3 is 2.18 bits per heavy atom. The lowest BCUT2D eigenvalue weighted by molar-refractivity contribution is 0.0502. The third-order valence-electron chi connectivity index (χ3n) is 8.89. The van der Waals surface area contributed by atoms with Gasteiger partial charge < -0.3 is 19.4 Å². The second-order valence-corrected chi connectivity index (χ2v) is 16.2. The number of oxazole rings is 1. The first-order chi connectivity index (χ1) is 24.1. The molecule has 2 aromatic carbocycles. The Balaban J connectivity index is 0.000000686. The SMILES string of the molecule is CC.CC(NC(=O)OC(C)(C)C)c1cnc(C2C=C(N(C)S(C)(=O)=O)N=C(N(Cc3ccccc3)CC3CCC3C)CC2)o1.Cc1ccccc1. The summed E-state index contributed by atoms with van der Waals surface area (Å²) in [6.45, 7) is 17.1. The Morgan fingerprint density at radius 1 is 1.04 bits per heavy atom. The van der Waals surface area contributed by atoms with Crippen LogP contribution in [0.3, 0.4) is 0 Å².